The second-order valence-corrected chi connectivity index (χ2v) is 5.57. The van der Waals surface area contributed by atoms with Crippen molar-refractivity contribution in [2.45, 2.75) is 6.54 Å². The minimum Gasteiger partial charge on any atom is -0.367 e. The number of nitrogens with one attached hydrogen (secondary N) is 1. The lowest BCUT2D eigenvalue weighted by molar-refractivity contribution is -0.118. The van der Waals surface area contributed by atoms with Crippen LogP contribution in [0.2, 0.25) is 0 Å². The average molecular weight is 325 g/mol. The average Bonchev–Trinajstić information content (AvgIpc) is 2.67. The summed E-state index contributed by atoms with van der Waals surface area (Å²) < 4.78 is 0. The zero-order valence-corrected chi connectivity index (χ0v) is 13.3. The van der Waals surface area contributed by atoms with Crippen LogP contribution in [0.5, 0.6) is 0 Å². The molecule has 1 saturated heterocycles. The Morgan fingerprint density at radius 1 is 1.12 bits per heavy atom. The van der Waals surface area contributed by atoms with Crippen LogP contribution in [0.4, 0.5) is 5.69 Å². The van der Waals surface area contributed by atoms with Gasteiger partial charge in [-0.1, -0.05) is 0 Å². The van der Waals surface area contributed by atoms with Gasteiger partial charge in [-0.25, -0.2) is 4.98 Å². The van der Waals surface area contributed by atoms with Gasteiger partial charge in [0.1, 0.15) is 5.69 Å². The molecule has 1 N–H and O–H groups in total. The van der Waals surface area contributed by atoms with Gasteiger partial charge in [-0.05, 0) is 29.8 Å². The van der Waals surface area contributed by atoms with Crippen LogP contribution in [0.15, 0.2) is 42.9 Å². The Morgan fingerprint density at radius 2 is 1.88 bits per heavy atom. The number of nitrogens with zero attached hydrogens (tertiary/aromatic N) is 4. The molecule has 0 saturated carbocycles. The van der Waals surface area contributed by atoms with Gasteiger partial charge in [-0.2, -0.15) is 0 Å². The van der Waals surface area contributed by atoms with Crippen LogP contribution < -0.4 is 10.2 Å². The highest BCUT2D eigenvalue weighted by molar-refractivity contribution is 5.92. The largest absolute Gasteiger partial charge is 0.367 e. The highest BCUT2D eigenvalue weighted by atomic mass is 16.2. The van der Waals surface area contributed by atoms with Gasteiger partial charge in [0, 0.05) is 45.1 Å². The Bertz CT molecular complexity index is 682. The van der Waals surface area contributed by atoms with E-state index in [1.807, 2.05) is 18.2 Å². The maximum absolute atomic E-state index is 12.1. The second kappa shape index (κ2) is 7.54. The Kier molecular flexibility index (Phi) is 5.00. The minimum atomic E-state index is -0.205. The Morgan fingerprint density at radius 3 is 2.50 bits per heavy atom. The van der Waals surface area contributed by atoms with Crippen molar-refractivity contribution in [3.63, 3.8) is 0 Å². The molecular formula is C17H19N5O2. The number of pyridine rings is 2. The van der Waals surface area contributed by atoms with E-state index in [1.54, 1.807) is 29.6 Å². The van der Waals surface area contributed by atoms with Crippen molar-refractivity contribution in [2.75, 3.05) is 31.1 Å². The quantitative estimate of drug-likeness (QED) is 0.818. The first-order chi connectivity index (χ1) is 11.8. The third-order valence-electron chi connectivity index (χ3n) is 4.01. The van der Waals surface area contributed by atoms with Crippen LogP contribution in [0.3, 0.4) is 0 Å². The Hall–Kier alpha value is -2.96. The summed E-state index contributed by atoms with van der Waals surface area (Å²) in [4.78, 5) is 35.0. The lowest BCUT2D eigenvalue weighted by Gasteiger charge is -2.33. The van der Waals surface area contributed by atoms with Gasteiger partial charge in [0.25, 0.3) is 5.91 Å². The van der Waals surface area contributed by atoms with E-state index in [0.717, 1.165) is 30.8 Å². The van der Waals surface area contributed by atoms with E-state index in [4.69, 9.17) is 0 Å². The van der Waals surface area contributed by atoms with Gasteiger partial charge in [0.05, 0.1) is 11.9 Å². The molecular weight excluding hydrogens is 306 g/mol. The molecule has 0 bridgehead atoms. The number of amides is 2. The molecule has 1 fully saturated rings. The van der Waals surface area contributed by atoms with Crippen LogP contribution in [0, 0.1) is 0 Å². The number of carbonyl (C=O) groups is 2. The van der Waals surface area contributed by atoms with E-state index in [-0.39, 0.29) is 5.91 Å². The summed E-state index contributed by atoms with van der Waals surface area (Å²) in [6, 6.07) is 7.33. The molecule has 7 nitrogen and oxygen atoms in total. The van der Waals surface area contributed by atoms with Crippen molar-refractivity contribution < 1.29 is 9.59 Å². The molecule has 0 atom stereocenters. The van der Waals surface area contributed by atoms with Gasteiger partial charge >= 0.3 is 0 Å². The maximum Gasteiger partial charge on any atom is 0.270 e. The number of aromatic nitrogens is 2. The second-order valence-electron chi connectivity index (χ2n) is 5.57. The number of hydrogen-bond donors (Lipinski definition) is 1. The van der Waals surface area contributed by atoms with Crippen LogP contribution in [0.25, 0.3) is 0 Å². The number of piperazine rings is 1. The summed E-state index contributed by atoms with van der Waals surface area (Å²) in [6.07, 6.45) is 5.97. The highest BCUT2D eigenvalue weighted by Gasteiger charge is 2.16. The molecule has 24 heavy (non-hydrogen) atoms. The maximum atomic E-state index is 12.1. The molecule has 3 heterocycles. The normalized spacial score (nSPS) is 14.3. The van der Waals surface area contributed by atoms with Crippen molar-refractivity contribution in [3.05, 3.63) is 54.1 Å². The molecule has 1 aliphatic rings. The fourth-order valence-electron chi connectivity index (χ4n) is 2.57. The Labute approximate surface area is 140 Å². The minimum absolute atomic E-state index is 0.205. The van der Waals surface area contributed by atoms with E-state index in [2.05, 4.69) is 20.2 Å². The van der Waals surface area contributed by atoms with E-state index in [1.165, 1.54) is 0 Å². The van der Waals surface area contributed by atoms with Crippen LogP contribution in [-0.2, 0) is 11.3 Å². The number of anilines is 1. The number of hydrogen-bond acceptors (Lipinski definition) is 5. The SMILES string of the molecule is O=CN1CCN(c2ccc(C(=O)NCc3ccncc3)nc2)CC1. The molecule has 0 radical (unpaired) electrons. The van der Waals surface area contributed by atoms with Gasteiger partial charge in [0.2, 0.25) is 6.41 Å². The van der Waals surface area contributed by atoms with E-state index in [0.29, 0.717) is 25.3 Å². The smallest absolute Gasteiger partial charge is 0.270 e. The topological polar surface area (TPSA) is 78.4 Å². The Balaban J connectivity index is 1.56. The fraction of sp³-hybridized carbons (Fsp3) is 0.294. The van der Waals surface area contributed by atoms with E-state index in [9.17, 15) is 9.59 Å². The van der Waals surface area contributed by atoms with Crippen molar-refractivity contribution in [1.29, 1.82) is 0 Å². The fourth-order valence-corrected chi connectivity index (χ4v) is 2.57. The summed E-state index contributed by atoms with van der Waals surface area (Å²) in [5, 5.41) is 2.84. The summed E-state index contributed by atoms with van der Waals surface area (Å²) in [5.41, 5.74) is 2.34. The van der Waals surface area contributed by atoms with E-state index >= 15 is 0 Å². The van der Waals surface area contributed by atoms with Gasteiger partial charge in [-0.15, -0.1) is 0 Å². The van der Waals surface area contributed by atoms with Crippen molar-refractivity contribution in [3.8, 4) is 0 Å². The summed E-state index contributed by atoms with van der Waals surface area (Å²) in [7, 11) is 0. The summed E-state index contributed by atoms with van der Waals surface area (Å²) in [6.45, 7) is 3.40. The third-order valence-corrected chi connectivity index (χ3v) is 4.01. The molecule has 3 rings (SSSR count). The molecule has 2 amide bonds. The molecule has 7 heteroatoms. The first kappa shape index (κ1) is 15.9. The first-order valence-electron chi connectivity index (χ1n) is 7.84. The standard InChI is InChI=1S/C17H19N5O2/c23-13-21-7-9-22(10-8-21)15-1-2-16(19-12-15)17(24)20-11-14-3-5-18-6-4-14/h1-6,12-13H,7-11H2,(H,20,24). The van der Waals surface area contributed by atoms with Crippen LogP contribution in [0.1, 0.15) is 16.1 Å². The monoisotopic (exact) mass is 325 g/mol. The zero-order valence-electron chi connectivity index (χ0n) is 13.3. The van der Waals surface area contributed by atoms with Crippen LogP contribution in [-0.4, -0.2) is 53.4 Å². The molecule has 0 unspecified atom stereocenters. The number of rotatable bonds is 5. The predicted octanol–water partition coefficient (Wildman–Crippen LogP) is 0.685. The predicted molar refractivity (Wildman–Crippen MR) is 89.5 cm³/mol. The summed E-state index contributed by atoms with van der Waals surface area (Å²) in [5.74, 6) is -0.205. The molecule has 124 valence electrons. The van der Waals surface area contributed by atoms with Gasteiger partial charge in [-0.3, -0.25) is 14.6 Å². The molecule has 0 spiro atoms. The molecule has 2 aromatic rings. The van der Waals surface area contributed by atoms with Crippen LogP contribution >= 0.6 is 0 Å². The third kappa shape index (κ3) is 3.87. The zero-order chi connectivity index (χ0) is 16.8. The molecule has 1 aliphatic heterocycles. The van der Waals surface area contributed by atoms with E-state index < -0.39 is 0 Å². The molecule has 0 aliphatic carbocycles. The van der Waals surface area contributed by atoms with Gasteiger partial charge in [0.15, 0.2) is 0 Å². The lowest BCUT2D eigenvalue weighted by atomic mass is 10.2. The number of carbonyl (C=O) groups excluding carboxylic acids is 2. The van der Waals surface area contributed by atoms with Crippen molar-refractivity contribution in [1.82, 2.24) is 20.2 Å². The van der Waals surface area contributed by atoms with Gasteiger partial charge < -0.3 is 15.1 Å². The molecule has 2 aromatic heterocycles. The lowest BCUT2D eigenvalue weighted by Crippen LogP contribution is -2.45. The van der Waals surface area contributed by atoms with Crippen molar-refractivity contribution >= 4 is 18.0 Å². The molecule has 0 aromatic carbocycles. The highest BCUT2D eigenvalue weighted by Crippen LogP contribution is 2.15. The first-order valence-corrected chi connectivity index (χ1v) is 7.84. The van der Waals surface area contributed by atoms with Crippen molar-refractivity contribution in [2.24, 2.45) is 0 Å². The summed E-state index contributed by atoms with van der Waals surface area (Å²) >= 11 is 0.